The Morgan fingerprint density at radius 1 is 1.60 bits per heavy atom. The van der Waals surface area contributed by atoms with Crippen LogP contribution in [0.2, 0.25) is 0 Å². The summed E-state index contributed by atoms with van der Waals surface area (Å²) in [5, 5.41) is 31.1. The number of non-ortho nitro benzene ring substituents is 1. The molecule has 1 aromatic carbocycles. The van der Waals surface area contributed by atoms with E-state index in [0.29, 0.717) is 15.6 Å². The average molecular weight is 288 g/mol. The molecule has 0 saturated carbocycles. The summed E-state index contributed by atoms with van der Waals surface area (Å²) < 4.78 is 1.45. The van der Waals surface area contributed by atoms with Crippen LogP contribution in [0.15, 0.2) is 35.5 Å². The molecule has 1 aromatic heterocycles. The van der Waals surface area contributed by atoms with E-state index in [1.54, 1.807) is 19.2 Å². The van der Waals surface area contributed by atoms with Gasteiger partial charge in [-0.3, -0.25) is 10.1 Å². The zero-order valence-corrected chi connectivity index (χ0v) is 11.1. The number of aryl methyl sites for hydroxylation is 1. The van der Waals surface area contributed by atoms with Gasteiger partial charge in [-0.1, -0.05) is 12.1 Å². The predicted molar refractivity (Wildman–Crippen MR) is 71.3 cm³/mol. The van der Waals surface area contributed by atoms with Gasteiger partial charge in [0.2, 0.25) is 5.16 Å². The number of nitro benzene ring substituents is 1. The number of allylic oxidation sites excluding steroid dienone is 1. The van der Waals surface area contributed by atoms with E-state index < -0.39 is 4.92 Å². The van der Waals surface area contributed by atoms with Crippen LogP contribution in [0.25, 0.3) is 4.91 Å². The van der Waals surface area contributed by atoms with Gasteiger partial charge < -0.3 is 0 Å². The summed E-state index contributed by atoms with van der Waals surface area (Å²) in [7, 11) is 1.67. The molecule has 2 rings (SSSR count). The second-order valence-electron chi connectivity index (χ2n) is 3.63. The van der Waals surface area contributed by atoms with Gasteiger partial charge in [-0.25, -0.2) is 4.68 Å². The van der Waals surface area contributed by atoms with E-state index in [1.165, 1.54) is 22.9 Å². The lowest BCUT2D eigenvalue weighted by atomic mass is 10.2. The minimum atomic E-state index is -0.484. The molecule has 0 unspecified atom stereocenters. The monoisotopic (exact) mass is 288 g/mol. The van der Waals surface area contributed by atoms with Crippen molar-refractivity contribution in [1.29, 1.82) is 5.26 Å². The Morgan fingerprint density at radius 2 is 2.40 bits per heavy atom. The molecule has 0 amide bonds. The second-order valence-corrected chi connectivity index (χ2v) is 4.64. The molecule has 0 bridgehead atoms. The van der Waals surface area contributed by atoms with E-state index in [1.807, 2.05) is 6.07 Å². The van der Waals surface area contributed by atoms with Crippen molar-refractivity contribution in [2.24, 2.45) is 7.05 Å². The highest BCUT2D eigenvalue weighted by molar-refractivity contribution is 8.08. The number of rotatable bonds is 4. The fraction of sp³-hybridized carbons (Fsp3) is 0.0909. The van der Waals surface area contributed by atoms with Gasteiger partial charge in [0.15, 0.2) is 0 Å². The van der Waals surface area contributed by atoms with E-state index in [2.05, 4.69) is 15.5 Å². The Hall–Kier alpha value is -2.73. The van der Waals surface area contributed by atoms with Gasteiger partial charge in [0.25, 0.3) is 5.69 Å². The zero-order valence-electron chi connectivity index (χ0n) is 10.3. The molecule has 0 aliphatic rings. The molecule has 0 fully saturated rings. The SMILES string of the molecule is Cn1nnnc1S/C(=C\C#N)c1cccc([N+](=O)[O-])c1. The fourth-order valence-corrected chi connectivity index (χ4v) is 2.21. The standard InChI is InChI=1S/C11H8N6O2S/c1-16-11(13-14-15-16)20-10(5-6-12)8-3-2-4-9(7-8)17(18)19/h2-5,7H,1H3/b10-5-. The topological polar surface area (TPSA) is 111 Å². The first kappa shape index (κ1) is 13.7. The van der Waals surface area contributed by atoms with Crippen LogP contribution in [-0.2, 0) is 7.05 Å². The first-order valence-corrected chi connectivity index (χ1v) is 6.18. The number of hydrogen-bond acceptors (Lipinski definition) is 7. The lowest BCUT2D eigenvalue weighted by molar-refractivity contribution is -0.384. The van der Waals surface area contributed by atoms with Crippen LogP contribution in [0.4, 0.5) is 5.69 Å². The van der Waals surface area contributed by atoms with Gasteiger partial charge in [-0.05, 0) is 27.8 Å². The molecule has 0 saturated heterocycles. The smallest absolute Gasteiger partial charge is 0.258 e. The number of benzene rings is 1. The fourth-order valence-electron chi connectivity index (χ4n) is 1.41. The lowest BCUT2D eigenvalue weighted by Crippen LogP contribution is -1.94. The Labute approximate surface area is 117 Å². The maximum Gasteiger partial charge on any atom is 0.270 e. The van der Waals surface area contributed by atoms with Crippen LogP contribution < -0.4 is 0 Å². The molecule has 0 atom stereocenters. The Bertz CT molecular complexity index is 718. The van der Waals surface area contributed by atoms with Crippen molar-refractivity contribution in [3.05, 3.63) is 46.0 Å². The maximum atomic E-state index is 10.8. The highest BCUT2D eigenvalue weighted by Crippen LogP contribution is 2.33. The number of nitriles is 1. The minimum Gasteiger partial charge on any atom is -0.258 e. The Kier molecular flexibility index (Phi) is 4.07. The van der Waals surface area contributed by atoms with E-state index in [9.17, 15) is 10.1 Å². The lowest BCUT2D eigenvalue weighted by Gasteiger charge is -2.04. The van der Waals surface area contributed by atoms with Gasteiger partial charge in [0.05, 0.1) is 11.0 Å². The van der Waals surface area contributed by atoms with Gasteiger partial charge in [-0.15, -0.1) is 5.10 Å². The molecule has 0 N–H and O–H groups in total. The summed E-state index contributed by atoms with van der Waals surface area (Å²) in [5.41, 5.74) is 0.525. The van der Waals surface area contributed by atoms with Crippen LogP contribution in [-0.4, -0.2) is 25.1 Å². The number of tetrazole rings is 1. The Morgan fingerprint density at radius 3 is 3.00 bits per heavy atom. The largest absolute Gasteiger partial charge is 0.270 e. The van der Waals surface area contributed by atoms with E-state index in [4.69, 9.17) is 5.26 Å². The van der Waals surface area contributed by atoms with Gasteiger partial charge in [0, 0.05) is 30.2 Å². The first-order chi connectivity index (χ1) is 9.61. The van der Waals surface area contributed by atoms with Crippen LogP contribution in [0.1, 0.15) is 5.56 Å². The van der Waals surface area contributed by atoms with Crippen molar-refractivity contribution in [3.8, 4) is 6.07 Å². The van der Waals surface area contributed by atoms with E-state index in [-0.39, 0.29) is 5.69 Å². The third kappa shape index (κ3) is 2.99. The normalized spacial score (nSPS) is 11.1. The number of nitro groups is 1. The van der Waals surface area contributed by atoms with Crippen molar-refractivity contribution in [2.45, 2.75) is 5.16 Å². The molecule has 0 aliphatic heterocycles. The van der Waals surface area contributed by atoms with Crippen molar-refractivity contribution in [1.82, 2.24) is 20.2 Å². The molecule has 9 heteroatoms. The Balaban J connectivity index is 2.37. The van der Waals surface area contributed by atoms with Crippen molar-refractivity contribution >= 4 is 22.4 Å². The van der Waals surface area contributed by atoms with Crippen LogP contribution in [0, 0.1) is 21.4 Å². The minimum absolute atomic E-state index is 0.0389. The van der Waals surface area contributed by atoms with Gasteiger partial charge in [0.1, 0.15) is 0 Å². The molecule has 2 aromatic rings. The van der Waals surface area contributed by atoms with Gasteiger partial charge in [-0.2, -0.15) is 5.26 Å². The molecule has 0 spiro atoms. The van der Waals surface area contributed by atoms with E-state index in [0.717, 1.165) is 11.8 Å². The average Bonchev–Trinajstić information content (AvgIpc) is 2.84. The number of thioether (sulfide) groups is 1. The molecule has 20 heavy (non-hydrogen) atoms. The van der Waals surface area contributed by atoms with Crippen molar-refractivity contribution < 1.29 is 4.92 Å². The quantitative estimate of drug-likeness (QED) is 0.365. The third-order valence-corrected chi connectivity index (χ3v) is 3.42. The van der Waals surface area contributed by atoms with Crippen molar-refractivity contribution in [3.63, 3.8) is 0 Å². The molecule has 100 valence electrons. The third-order valence-electron chi connectivity index (χ3n) is 2.32. The molecule has 0 aliphatic carbocycles. The molecule has 8 nitrogen and oxygen atoms in total. The number of nitrogens with zero attached hydrogens (tertiary/aromatic N) is 6. The second kappa shape index (κ2) is 5.94. The highest BCUT2D eigenvalue weighted by atomic mass is 32.2. The van der Waals surface area contributed by atoms with Crippen molar-refractivity contribution in [2.75, 3.05) is 0 Å². The highest BCUT2D eigenvalue weighted by Gasteiger charge is 2.13. The summed E-state index contributed by atoms with van der Waals surface area (Å²) in [5.74, 6) is 0. The molecular formula is C11H8N6O2S. The first-order valence-electron chi connectivity index (χ1n) is 5.36. The maximum absolute atomic E-state index is 10.8. The summed E-state index contributed by atoms with van der Waals surface area (Å²) >= 11 is 1.16. The summed E-state index contributed by atoms with van der Waals surface area (Å²) in [4.78, 5) is 10.8. The number of aromatic nitrogens is 4. The summed E-state index contributed by atoms with van der Waals surface area (Å²) in [6.07, 6.45) is 1.30. The van der Waals surface area contributed by atoms with Gasteiger partial charge >= 0.3 is 0 Å². The zero-order chi connectivity index (χ0) is 14.5. The predicted octanol–water partition coefficient (Wildman–Crippen LogP) is 1.78. The summed E-state index contributed by atoms with van der Waals surface area (Å²) in [6, 6.07) is 7.96. The van der Waals surface area contributed by atoms with Crippen LogP contribution >= 0.6 is 11.8 Å². The number of hydrogen-bond donors (Lipinski definition) is 0. The molecule has 1 heterocycles. The molecule has 0 radical (unpaired) electrons. The van der Waals surface area contributed by atoms with Crippen LogP contribution in [0.5, 0.6) is 0 Å². The van der Waals surface area contributed by atoms with Crippen LogP contribution in [0.3, 0.4) is 0 Å². The van der Waals surface area contributed by atoms with E-state index >= 15 is 0 Å². The molecular weight excluding hydrogens is 280 g/mol. The summed E-state index contributed by atoms with van der Waals surface area (Å²) in [6.45, 7) is 0.